The summed E-state index contributed by atoms with van der Waals surface area (Å²) >= 11 is 0. The molecule has 4 heteroatoms. The zero-order valence-electron chi connectivity index (χ0n) is 12.1. The minimum Gasteiger partial charge on any atom is -0.468 e. The Morgan fingerprint density at radius 3 is 2.10 bits per heavy atom. The normalized spacial score (nSPS) is 31.1. The first-order valence-corrected chi connectivity index (χ1v) is 7.14. The molecule has 2 atom stereocenters. The number of carbonyl (C=O) groups excluding carboxylic acids is 2. The average Bonchev–Trinajstić information content (AvgIpc) is 2.46. The van der Waals surface area contributed by atoms with Gasteiger partial charge in [0, 0.05) is 0 Å². The first kappa shape index (κ1) is 14.8. The van der Waals surface area contributed by atoms with Crippen molar-refractivity contribution in [1.82, 2.24) is 0 Å². The Kier molecular flexibility index (Phi) is 4.63. The summed E-state index contributed by atoms with van der Waals surface area (Å²) in [4.78, 5) is 24.3. The zero-order valence-corrected chi connectivity index (χ0v) is 12.1. The zero-order chi connectivity index (χ0) is 14.6. The number of carbonyl (C=O) groups is 2. The van der Waals surface area contributed by atoms with Crippen molar-refractivity contribution in [2.24, 2.45) is 17.3 Å². The monoisotopic (exact) mass is 278 g/mol. The van der Waals surface area contributed by atoms with E-state index in [1.807, 2.05) is 0 Å². The lowest BCUT2D eigenvalue weighted by atomic mass is 9.64. The molecule has 0 radical (unpaired) electrons. The Balaban J connectivity index is 2.28. The lowest BCUT2D eigenvalue weighted by molar-refractivity contribution is -0.173. The highest BCUT2D eigenvalue weighted by Gasteiger charge is 2.52. The van der Waals surface area contributed by atoms with Crippen LogP contribution in [0.1, 0.15) is 32.1 Å². The summed E-state index contributed by atoms with van der Waals surface area (Å²) < 4.78 is 9.74. The highest BCUT2D eigenvalue weighted by Crippen LogP contribution is 2.45. The van der Waals surface area contributed by atoms with Crippen molar-refractivity contribution in [2.75, 3.05) is 14.2 Å². The molecule has 0 aromatic heterocycles. The molecular weight excluding hydrogens is 256 g/mol. The molecule has 0 bridgehead atoms. The van der Waals surface area contributed by atoms with Gasteiger partial charge in [-0.1, -0.05) is 24.3 Å². The Labute approximate surface area is 119 Å². The molecule has 0 N–H and O–H groups in total. The Bertz CT molecular complexity index is 420. The van der Waals surface area contributed by atoms with Gasteiger partial charge >= 0.3 is 11.9 Å². The molecule has 0 aliphatic heterocycles. The topological polar surface area (TPSA) is 52.6 Å². The van der Waals surface area contributed by atoms with Crippen LogP contribution in [0.15, 0.2) is 24.3 Å². The standard InChI is InChI=1S/C16H22O4/c1-19-14(17)16(15(18)20-2)10-9-12-7-5-3-4-6-8-13(12)11-16/h5-8,12-13H,3-4,9-11H2,1-2H3/b7-5-,8-6-/t12-,13-/m1/s1. The first-order valence-electron chi connectivity index (χ1n) is 7.14. The van der Waals surface area contributed by atoms with Gasteiger partial charge in [-0.15, -0.1) is 0 Å². The second kappa shape index (κ2) is 6.25. The number of esters is 2. The molecule has 4 nitrogen and oxygen atoms in total. The fourth-order valence-electron chi connectivity index (χ4n) is 3.31. The van der Waals surface area contributed by atoms with Crippen molar-refractivity contribution >= 4 is 11.9 Å². The van der Waals surface area contributed by atoms with Crippen LogP contribution in [-0.4, -0.2) is 26.2 Å². The van der Waals surface area contributed by atoms with Gasteiger partial charge in [0.05, 0.1) is 14.2 Å². The van der Waals surface area contributed by atoms with E-state index in [1.54, 1.807) is 0 Å². The molecule has 110 valence electrons. The van der Waals surface area contributed by atoms with E-state index in [0.717, 1.165) is 19.3 Å². The summed E-state index contributed by atoms with van der Waals surface area (Å²) in [6, 6.07) is 0. The van der Waals surface area contributed by atoms with Crippen molar-refractivity contribution in [2.45, 2.75) is 32.1 Å². The summed E-state index contributed by atoms with van der Waals surface area (Å²) in [6.45, 7) is 0. The van der Waals surface area contributed by atoms with E-state index < -0.39 is 17.4 Å². The average molecular weight is 278 g/mol. The first-order chi connectivity index (χ1) is 9.64. The third-order valence-electron chi connectivity index (χ3n) is 4.46. The summed E-state index contributed by atoms with van der Waals surface area (Å²) in [5.74, 6) is -0.350. The van der Waals surface area contributed by atoms with Crippen LogP contribution in [0.2, 0.25) is 0 Å². The van der Waals surface area contributed by atoms with E-state index in [4.69, 9.17) is 9.47 Å². The molecule has 1 saturated carbocycles. The van der Waals surface area contributed by atoms with Gasteiger partial charge in [-0.25, -0.2) is 0 Å². The fourth-order valence-corrected chi connectivity index (χ4v) is 3.31. The fraction of sp³-hybridized carbons (Fsp3) is 0.625. The molecule has 2 rings (SSSR count). The number of methoxy groups -OCH3 is 2. The maximum Gasteiger partial charge on any atom is 0.323 e. The van der Waals surface area contributed by atoms with Gasteiger partial charge in [0.15, 0.2) is 5.41 Å². The van der Waals surface area contributed by atoms with Crippen LogP contribution < -0.4 is 0 Å². The van der Waals surface area contributed by atoms with Crippen LogP contribution in [0.3, 0.4) is 0 Å². The van der Waals surface area contributed by atoms with Crippen molar-refractivity contribution < 1.29 is 19.1 Å². The highest BCUT2D eigenvalue weighted by atomic mass is 16.5. The summed E-state index contributed by atoms with van der Waals surface area (Å²) in [7, 11) is 2.65. The maximum atomic E-state index is 12.2. The van der Waals surface area contributed by atoms with Gasteiger partial charge in [0.2, 0.25) is 0 Å². The molecule has 0 saturated heterocycles. The molecule has 0 unspecified atom stereocenters. The summed E-state index contributed by atoms with van der Waals surface area (Å²) in [6.07, 6.45) is 12.5. The largest absolute Gasteiger partial charge is 0.468 e. The highest BCUT2D eigenvalue weighted by molar-refractivity contribution is 6.00. The van der Waals surface area contributed by atoms with E-state index in [2.05, 4.69) is 24.3 Å². The maximum absolute atomic E-state index is 12.2. The van der Waals surface area contributed by atoms with Gasteiger partial charge in [-0.2, -0.15) is 0 Å². The van der Waals surface area contributed by atoms with Gasteiger partial charge < -0.3 is 9.47 Å². The molecule has 1 fully saturated rings. The van der Waals surface area contributed by atoms with Crippen LogP contribution in [0.4, 0.5) is 0 Å². The quantitative estimate of drug-likeness (QED) is 0.442. The molecule has 0 amide bonds. The lowest BCUT2D eigenvalue weighted by Gasteiger charge is -2.39. The summed E-state index contributed by atoms with van der Waals surface area (Å²) in [5, 5.41) is 0. The molecule has 2 aliphatic carbocycles. The number of hydrogen-bond donors (Lipinski definition) is 0. The van der Waals surface area contributed by atoms with Crippen LogP contribution in [-0.2, 0) is 19.1 Å². The predicted molar refractivity (Wildman–Crippen MR) is 74.8 cm³/mol. The van der Waals surface area contributed by atoms with Crippen LogP contribution >= 0.6 is 0 Å². The van der Waals surface area contributed by atoms with Gasteiger partial charge in [-0.05, 0) is 43.9 Å². The molecule has 0 aromatic rings. The molecule has 0 spiro atoms. The number of ether oxygens (including phenoxy) is 2. The Hall–Kier alpha value is -1.58. The number of rotatable bonds is 2. The third-order valence-corrected chi connectivity index (χ3v) is 4.46. The number of allylic oxidation sites excluding steroid dienone is 4. The second-order valence-electron chi connectivity index (χ2n) is 5.57. The van der Waals surface area contributed by atoms with Gasteiger partial charge in [0.1, 0.15) is 0 Å². The lowest BCUT2D eigenvalue weighted by Crippen LogP contribution is -2.46. The molecular formula is C16H22O4. The minimum atomic E-state index is -1.14. The number of fused-ring (bicyclic) bond motifs is 1. The molecule has 0 heterocycles. The van der Waals surface area contributed by atoms with Crippen molar-refractivity contribution in [3.05, 3.63) is 24.3 Å². The third kappa shape index (κ3) is 2.65. The Morgan fingerprint density at radius 1 is 1.00 bits per heavy atom. The van der Waals surface area contributed by atoms with E-state index in [9.17, 15) is 9.59 Å². The van der Waals surface area contributed by atoms with E-state index in [-0.39, 0.29) is 5.92 Å². The second-order valence-corrected chi connectivity index (χ2v) is 5.57. The van der Waals surface area contributed by atoms with Gasteiger partial charge in [-0.3, -0.25) is 9.59 Å². The Morgan fingerprint density at radius 2 is 1.55 bits per heavy atom. The van der Waals surface area contributed by atoms with E-state index in [1.165, 1.54) is 14.2 Å². The van der Waals surface area contributed by atoms with Crippen molar-refractivity contribution in [1.29, 1.82) is 0 Å². The predicted octanol–water partition coefficient (Wildman–Crippen LogP) is 2.64. The van der Waals surface area contributed by atoms with Crippen LogP contribution in [0.5, 0.6) is 0 Å². The summed E-state index contributed by atoms with van der Waals surface area (Å²) in [5.41, 5.74) is -1.14. The molecule has 2 aliphatic rings. The number of hydrogen-bond acceptors (Lipinski definition) is 4. The van der Waals surface area contributed by atoms with Crippen LogP contribution in [0.25, 0.3) is 0 Å². The smallest absolute Gasteiger partial charge is 0.323 e. The van der Waals surface area contributed by atoms with Gasteiger partial charge in [0.25, 0.3) is 0 Å². The molecule has 20 heavy (non-hydrogen) atoms. The minimum absolute atomic E-state index is 0.193. The SMILES string of the molecule is COC(=O)C1(C(=O)OC)CC[C@H]2/C=C\CC/C=C\[C@@H]2C1. The molecule has 0 aromatic carbocycles. The van der Waals surface area contributed by atoms with E-state index >= 15 is 0 Å². The van der Waals surface area contributed by atoms with Crippen molar-refractivity contribution in [3.8, 4) is 0 Å². The van der Waals surface area contributed by atoms with Crippen molar-refractivity contribution in [3.63, 3.8) is 0 Å². The van der Waals surface area contributed by atoms with E-state index in [0.29, 0.717) is 18.8 Å². The van der Waals surface area contributed by atoms with Crippen LogP contribution in [0, 0.1) is 17.3 Å².